The molecule has 20 heavy (non-hydrogen) atoms. The van der Waals surface area contributed by atoms with E-state index in [1.165, 1.54) is 38.2 Å². The van der Waals surface area contributed by atoms with E-state index in [0.717, 1.165) is 12.8 Å². The fourth-order valence-corrected chi connectivity index (χ4v) is 3.46. The topological polar surface area (TPSA) is 54.4 Å². The number of carboxylic acids is 1. The van der Waals surface area contributed by atoms with E-state index in [9.17, 15) is 9.00 Å². The highest BCUT2D eigenvalue weighted by Crippen LogP contribution is 2.16. The Kier molecular flexibility index (Phi) is 8.19. The number of unbranched alkanes of at least 4 members (excludes halogenated alkanes) is 6. The van der Waals surface area contributed by atoms with Crippen molar-refractivity contribution >= 4 is 16.8 Å². The van der Waals surface area contributed by atoms with Gasteiger partial charge in [0.2, 0.25) is 0 Å². The van der Waals surface area contributed by atoms with Gasteiger partial charge in [-0.15, -0.1) is 0 Å². The zero-order valence-corrected chi connectivity index (χ0v) is 13.0. The molecule has 0 spiro atoms. The molecule has 0 saturated carbocycles. The lowest BCUT2D eigenvalue weighted by atomic mass is 10.1. The highest BCUT2D eigenvalue weighted by molar-refractivity contribution is 7.85. The maximum Gasteiger partial charge on any atom is 0.336 e. The normalized spacial score (nSPS) is 12.2. The zero-order chi connectivity index (χ0) is 14.8. The van der Waals surface area contributed by atoms with Gasteiger partial charge in [-0.05, 0) is 18.6 Å². The van der Waals surface area contributed by atoms with E-state index in [0.29, 0.717) is 10.6 Å². The first-order valence-electron chi connectivity index (χ1n) is 7.37. The number of rotatable bonds is 10. The average molecular weight is 296 g/mol. The predicted molar refractivity (Wildman–Crippen MR) is 82.7 cm³/mol. The Morgan fingerprint density at radius 2 is 1.65 bits per heavy atom. The molecule has 0 saturated heterocycles. The van der Waals surface area contributed by atoms with Gasteiger partial charge in [0.15, 0.2) is 0 Å². The van der Waals surface area contributed by atoms with Crippen LogP contribution in [0, 0.1) is 0 Å². The van der Waals surface area contributed by atoms with Crippen LogP contribution in [0.5, 0.6) is 0 Å². The molecule has 0 aliphatic carbocycles. The fraction of sp³-hybridized carbons (Fsp3) is 0.562. The van der Waals surface area contributed by atoms with Crippen molar-refractivity contribution in [3.05, 3.63) is 29.8 Å². The Morgan fingerprint density at radius 3 is 2.30 bits per heavy atom. The first kappa shape index (κ1) is 16.9. The molecule has 1 N–H and O–H groups in total. The van der Waals surface area contributed by atoms with Crippen molar-refractivity contribution in [1.29, 1.82) is 0 Å². The maximum atomic E-state index is 12.2. The highest BCUT2D eigenvalue weighted by atomic mass is 32.2. The first-order chi connectivity index (χ1) is 9.66. The van der Waals surface area contributed by atoms with Gasteiger partial charge in [0.25, 0.3) is 0 Å². The molecule has 4 heteroatoms. The summed E-state index contributed by atoms with van der Waals surface area (Å²) in [5, 5.41) is 9.07. The maximum absolute atomic E-state index is 12.2. The van der Waals surface area contributed by atoms with Crippen molar-refractivity contribution < 1.29 is 14.1 Å². The molecular weight excluding hydrogens is 272 g/mol. The summed E-state index contributed by atoms with van der Waals surface area (Å²) >= 11 is 0. The van der Waals surface area contributed by atoms with E-state index in [-0.39, 0.29) is 5.56 Å². The van der Waals surface area contributed by atoms with Crippen molar-refractivity contribution in [3.8, 4) is 0 Å². The van der Waals surface area contributed by atoms with Crippen LogP contribution in [0.2, 0.25) is 0 Å². The summed E-state index contributed by atoms with van der Waals surface area (Å²) in [7, 11) is -1.21. The summed E-state index contributed by atoms with van der Waals surface area (Å²) in [6, 6.07) is 6.57. The number of hydrogen-bond donors (Lipinski definition) is 1. The average Bonchev–Trinajstić information content (AvgIpc) is 2.46. The molecule has 1 aromatic carbocycles. The second-order valence-electron chi connectivity index (χ2n) is 4.97. The van der Waals surface area contributed by atoms with Crippen LogP contribution in [0.1, 0.15) is 62.2 Å². The lowest BCUT2D eigenvalue weighted by Gasteiger charge is -2.06. The number of aromatic carboxylic acids is 1. The van der Waals surface area contributed by atoms with Gasteiger partial charge in [-0.3, -0.25) is 4.21 Å². The number of benzene rings is 1. The van der Waals surface area contributed by atoms with E-state index in [4.69, 9.17) is 5.11 Å². The minimum absolute atomic E-state index is 0.161. The van der Waals surface area contributed by atoms with Crippen molar-refractivity contribution in [3.63, 3.8) is 0 Å². The van der Waals surface area contributed by atoms with Crippen LogP contribution in [0.25, 0.3) is 0 Å². The second kappa shape index (κ2) is 9.70. The van der Waals surface area contributed by atoms with Crippen LogP contribution in [0.15, 0.2) is 29.2 Å². The molecule has 0 radical (unpaired) electrons. The van der Waals surface area contributed by atoms with Gasteiger partial charge in [-0.25, -0.2) is 4.79 Å². The number of carboxylic acid groups (broad SMARTS) is 1. The lowest BCUT2D eigenvalue weighted by Crippen LogP contribution is -2.06. The van der Waals surface area contributed by atoms with Crippen LogP contribution in [0.4, 0.5) is 0 Å². The molecule has 3 nitrogen and oxygen atoms in total. The van der Waals surface area contributed by atoms with Crippen LogP contribution in [-0.2, 0) is 10.8 Å². The Hall–Kier alpha value is -1.16. The third-order valence-electron chi connectivity index (χ3n) is 3.30. The predicted octanol–water partition coefficient (Wildman–Crippen LogP) is 4.24. The molecular formula is C16H24O3S. The second-order valence-corrected chi connectivity index (χ2v) is 6.51. The fourth-order valence-electron chi connectivity index (χ4n) is 2.14. The SMILES string of the molecule is CCCCCCCCCS(=O)c1ccccc1C(=O)O. The van der Waals surface area contributed by atoms with E-state index >= 15 is 0 Å². The molecule has 1 unspecified atom stereocenters. The van der Waals surface area contributed by atoms with E-state index in [1.54, 1.807) is 18.2 Å². The minimum Gasteiger partial charge on any atom is -0.478 e. The van der Waals surface area contributed by atoms with Crippen molar-refractivity contribution in [2.45, 2.75) is 56.8 Å². The summed E-state index contributed by atoms with van der Waals surface area (Å²) in [6.07, 6.45) is 8.21. The third kappa shape index (κ3) is 5.87. The zero-order valence-electron chi connectivity index (χ0n) is 12.1. The summed E-state index contributed by atoms with van der Waals surface area (Å²) in [5.74, 6) is -0.452. The standard InChI is InChI=1S/C16H24O3S/c1-2-3-4-5-6-7-10-13-20(19)15-12-9-8-11-14(15)16(17)18/h8-9,11-12H,2-7,10,13H2,1H3,(H,17,18). The molecule has 112 valence electrons. The molecule has 1 atom stereocenters. The van der Waals surface area contributed by atoms with Gasteiger partial charge in [-0.1, -0.05) is 57.6 Å². The van der Waals surface area contributed by atoms with E-state index < -0.39 is 16.8 Å². The van der Waals surface area contributed by atoms with Crippen LogP contribution >= 0.6 is 0 Å². The van der Waals surface area contributed by atoms with Gasteiger partial charge in [0.1, 0.15) is 0 Å². The third-order valence-corrected chi connectivity index (χ3v) is 4.80. The molecule has 0 aromatic heterocycles. The molecule has 0 aliphatic rings. The Balaban J connectivity index is 2.35. The molecule has 1 aromatic rings. The van der Waals surface area contributed by atoms with E-state index in [2.05, 4.69) is 6.92 Å². The smallest absolute Gasteiger partial charge is 0.336 e. The monoisotopic (exact) mass is 296 g/mol. The number of carbonyl (C=O) groups is 1. The summed E-state index contributed by atoms with van der Waals surface area (Å²) < 4.78 is 12.2. The summed E-state index contributed by atoms with van der Waals surface area (Å²) in [5.41, 5.74) is 0.161. The van der Waals surface area contributed by atoms with Gasteiger partial charge in [0.05, 0.1) is 21.3 Å². The molecule has 0 aliphatic heterocycles. The minimum atomic E-state index is -1.21. The molecule has 0 bridgehead atoms. The van der Waals surface area contributed by atoms with Crippen LogP contribution in [-0.4, -0.2) is 21.0 Å². The largest absolute Gasteiger partial charge is 0.478 e. The van der Waals surface area contributed by atoms with Crippen molar-refractivity contribution in [2.24, 2.45) is 0 Å². The van der Waals surface area contributed by atoms with Crippen molar-refractivity contribution in [2.75, 3.05) is 5.75 Å². The Labute approximate surface area is 123 Å². The van der Waals surface area contributed by atoms with Gasteiger partial charge in [0, 0.05) is 5.75 Å². The molecule has 0 amide bonds. The molecule has 1 rings (SSSR count). The van der Waals surface area contributed by atoms with Crippen LogP contribution < -0.4 is 0 Å². The number of hydrogen-bond acceptors (Lipinski definition) is 2. The van der Waals surface area contributed by atoms with Gasteiger partial charge >= 0.3 is 5.97 Å². The lowest BCUT2D eigenvalue weighted by molar-refractivity contribution is 0.0693. The Bertz CT molecular complexity index is 443. The molecule has 0 heterocycles. The first-order valence-corrected chi connectivity index (χ1v) is 8.69. The Morgan fingerprint density at radius 1 is 1.05 bits per heavy atom. The van der Waals surface area contributed by atoms with Gasteiger partial charge in [-0.2, -0.15) is 0 Å². The quantitative estimate of drug-likeness (QED) is 0.657. The summed E-state index contributed by atoms with van der Waals surface area (Å²) in [6.45, 7) is 2.20. The molecule has 0 fully saturated rings. The highest BCUT2D eigenvalue weighted by Gasteiger charge is 2.13. The van der Waals surface area contributed by atoms with Crippen molar-refractivity contribution in [1.82, 2.24) is 0 Å². The van der Waals surface area contributed by atoms with Gasteiger partial charge < -0.3 is 5.11 Å². The summed E-state index contributed by atoms with van der Waals surface area (Å²) in [4.78, 5) is 11.5. The van der Waals surface area contributed by atoms with Crippen LogP contribution in [0.3, 0.4) is 0 Å². The van der Waals surface area contributed by atoms with E-state index in [1.807, 2.05) is 0 Å².